The molecule has 0 spiro atoms. The molecule has 0 aromatic rings. The minimum absolute atomic E-state index is 0.0625. The molecular weight excluding hydrogens is 216 g/mol. The molecule has 2 aliphatic heterocycles. The lowest BCUT2D eigenvalue weighted by Gasteiger charge is -2.28. The Balaban J connectivity index is 1.44. The van der Waals surface area contributed by atoms with Crippen molar-refractivity contribution in [3.63, 3.8) is 0 Å². The van der Waals surface area contributed by atoms with E-state index in [1.165, 1.54) is 32.4 Å². The molecule has 1 saturated carbocycles. The SMILES string of the molecule is COC1(CNC2CCN(C3CC3)C2)CCOC1. The van der Waals surface area contributed by atoms with Gasteiger partial charge in [0.25, 0.3) is 0 Å². The van der Waals surface area contributed by atoms with Crippen molar-refractivity contribution in [3.8, 4) is 0 Å². The van der Waals surface area contributed by atoms with E-state index in [4.69, 9.17) is 9.47 Å². The number of likely N-dealkylation sites (tertiary alicyclic amines) is 1. The predicted octanol–water partition coefficient (Wildman–Crippen LogP) is 0.618. The van der Waals surface area contributed by atoms with E-state index >= 15 is 0 Å². The highest BCUT2D eigenvalue weighted by molar-refractivity contribution is 4.94. The van der Waals surface area contributed by atoms with Gasteiger partial charge in [-0.3, -0.25) is 4.90 Å². The van der Waals surface area contributed by atoms with Crippen LogP contribution in [0.3, 0.4) is 0 Å². The van der Waals surface area contributed by atoms with Crippen LogP contribution >= 0.6 is 0 Å². The quantitative estimate of drug-likeness (QED) is 0.764. The molecule has 0 bridgehead atoms. The predicted molar refractivity (Wildman–Crippen MR) is 66.2 cm³/mol. The maximum atomic E-state index is 5.64. The fraction of sp³-hybridized carbons (Fsp3) is 1.00. The van der Waals surface area contributed by atoms with Gasteiger partial charge in [0.1, 0.15) is 5.60 Å². The van der Waals surface area contributed by atoms with E-state index in [0.29, 0.717) is 6.04 Å². The number of nitrogens with one attached hydrogen (secondary N) is 1. The normalized spacial score (nSPS) is 39.0. The van der Waals surface area contributed by atoms with Crippen molar-refractivity contribution < 1.29 is 9.47 Å². The third-order valence-corrected chi connectivity index (χ3v) is 4.50. The largest absolute Gasteiger partial charge is 0.378 e. The van der Waals surface area contributed by atoms with Gasteiger partial charge in [-0.1, -0.05) is 0 Å². The zero-order valence-electron chi connectivity index (χ0n) is 10.8. The molecule has 4 nitrogen and oxygen atoms in total. The first-order valence-corrected chi connectivity index (χ1v) is 6.92. The van der Waals surface area contributed by atoms with Crippen LogP contribution in [0.5, 0.6) is 0 Å². The number of ether oxygens (including phenoxy) is 2. The lowest BCUT2D eigenvalue weighted by molar-refractivity contribution is -0.0173. The van der Waals surface area contributed by atoms with Gasteiger partial charge in [-0.25, -0.2) is 0 Å². The number of hydrogen-bond acceptors (Lipinski definition) is 4. The zero-order valence-corrected chi connectivity index (χ0v) is 10.8. The summed E-state index contributed by atoms with van der Waals surface area (Å²) in [7, 11) is 1.81. The number of nitrogens with zero attached hydrogens (tertiary/aromatic N) is 1. The molecule has 4 heteroatoms. The van der Waals surface area contributed by atoms with Crippen LogP contribution in [0.1, 0.15) is 25.7 Å². The average Bonchev–Trinajstić information content (AvgIpc) is 2.94. The van der Waals surface area contributed by atoms with Crippen molar-refractivity contribution in [1.82, 2.24) is 10.2 Å². The van der Waals surface area contributed by atoms with Crippen molar-refractivity contribution in [2.45, 2.75) is 43.4 Å². The molecule has 1 aliphatic carbocycles. The average molecular weight is 240 g/mol. The second-order valence-electron chi connectivity index (χ2n) is 5.78. The van der Waals surface area contributed by atoms with Crippen LogP contribution in [-0.2, 0) is 9.47 Å². The Bertz CT molecular complexity index is 262. The van der Waals surface area contributed by atoms with Gasteiger partial charge in [-0.2, -0.15) is 0 Å². The summed E-state index contributed by atoms with van der Waals surface area (Å²) in [5.41, 5.74) is -0.0625. The monoisotopic (exact) mass is 240 g/mol. The Kier molecular flexibility index (Phi) is 3.39. The first-order valence-electron chi connectivity index (χ1n) is 6.92. The van der Waals surface area contributed by atoms with Gasteiger partial charge < -0.3 is 14.8 Å². The molecular formula is C13H24N2O2. The molecule has 3 fully saturated rings. The van der Waals surface area contributed by atoms with E-state index in [9.17, 15) is 0 Å². The number of hydrogen-bond donors (Lipinski definition) is 1. The van der Waals surface area contributed by atoms with E-state index in [2.05, 4.69) is 10.2 Å². The first-order chi connectivity index (χ1) is 8.31. The first kappa shape index (κ1) is 11.9. The summed E-state index contributed by atoms with van der Waals surface area (Å²) in [5, 5.41) is 3.68. The molecule has 0 aromatic carbocycles. The molecule has 17 heavy (non-hydrogen) atoms. The van der Waals surface area contributed by atoms with Gasteiger partial charge in [0.05, 0.1) is 6.61 Å². The van der Waals surface area contributed by atoms with Crippen molar-refractivity contribution in [3.05, 3.63) is 0 Å². The maximum Gasteiger partial charge on any atom is 0.106 e. The molecule has 2 saturated heterocycles. The Morgan fingerprint density at radius 1 is 1.41 bits per heavy atom. The molecule has 3 aliphatic rings. The van der Waals surface area contributed by atoms with Gasteiger partial charge in [0.2, 0.25) is 0 Å². The van der Waals surface area contributed by atoms with Crippen LogP contribution in [0.15, 0.2) is 0 Å². The molecule has 98 valence electrons. The smallest absolute Gasteiger partial charge is 0.106 e. The summed E-state index contributed by atoms with van der Waals surface area (Å²) < 4.78 is 11.1. The van der Waals surface area contributed by atoms with Crippen LogP contribution < -0.4 is 5.32 Å². The van der Waals surface area contributed by atoms with Crippen molar-refractivity contribution in [2.24, 2.45) is 0 Å². The van der Waals surface area contributed by atoms with Gasteiger partial charge in [-0.05, 0) is 19.3 Å². The van der Waals surface area contributed by atoms with Crippen LogP contribution in [0, 0.1) is 0 Å². The van der Waals surface area contributed by atoms with Gasteiger partial charge >= 0.3 is 0 Å². The Morgan fingerprint density at radius 3 is 2.94 bits per heavy atom. The molecule has 0 aromatic heterocycles. The van der Waals surface area contributed by atoms with Crippen LogP contribution in [0.4, 0.5) is 0 Å². The van der Waals surface area contributed by atoms with Crippen LogP contribution in [0.2, 0.25) is 0 Å². The minimum Gasteiger partial charge on any atom is -0.378 e. The highest BCUT2D eigenvalue weighted by atomic mass is 16.5. The number of methoxy groups -OCH3 is 1. The van der Waals surface area contributed by atoms with Gasteiger partial charge in [0.15, 0.2) is 0 Å². The summed E-state index contributed by atoms with van der Waals surface area (Å²) in [4.78, 5) is 2.64. The summed E-state index contributed by atoms with van der Waals surface area (Å²) in [6.45, 7) is 5.03. The molecule has 1 N–H and O–H groups in total. The third kappa shape index (κ3) is 2.65. The fourth-order valence-electron chi connectivity index (χ4n) is 3.02. The molecule has 2 unspecified atom stereocenters. The zero-order chi connectivity index (χ0) is 11.7. The van der Waals surface area contributed by atoms with E-state index in [-0.39, 0.29) is 5.60 Å². The second-order valence-corrected chi connectivity index (χ2v) is 5.78. The maximum absolute atomic E-state index is 5.64. The molecule has 2 heterocycles. The van der Waals surface area contributed by atoms with E-state index in [1.807, 2.05) is 7.11 Å². The Labute approximate surface area is 104 Å². The minimum atomic E-state index is -0.0625. The Hall–Kier alpha value is -0.160. The van der Waals surface area contributed by atoms with Gasteiger partial charge in [-0.15, -0.1) is 0 Å². The molecule has 0 radical (unpaired) electrons. The highest BCUT2D eigenvalue weighted by Crippen LogP contribution is 2.30. The second kappa shape index (κ2) is 4.84. The lowest BCUT2D eigenvalue weighted by Crippen LogP contribution is -2.47. The number of rotatable bonds is 5. The van der Waals surface area contributed by atoms with Crippen molar-refractivity contribution in [2.75, 3.05) is 40.0 Å². The topological polar surface area (TPSA) is 33.7 Å². The van der Waals surface area contributed by atoms with Crippen molar-refractivity contribution in [1.29, 1.82) is 0 Å². The van der Waals surface area contributed by atoms with Crippen LogP contribution in [-0.4, -0.2) is 62.5 Å². The molecule has 2 atom stereocenters. The van der Waals surface area contributed by atoms with E-state index < -0.39 is 0 Å². The van der Waals surface area contributed by atoms with Crippen molar-refractivity contribution >= 4 is 0 Å². The van der Waals surface area contributed by atoms with Crippen LogP contribution in [0.25, 0.3) is 0 Å². The summed E-state index contributed by atoms with van der Waals surface area (Å²) in [5.74, 6) is 0. The Morgan fingerprint density at radius 2 is 2.29 bits per heavy atom. The summed E-state index contributed by atoms with van der Waals surface area (Å²) >= 11 is 0. The summed E-state index contributed by atoms with van der Waals surface area (Å²) in [6.07, 6.45) is 5.15. The summed E-state index contributed by atoms with van der Waals surface area (Å²) in [6, 6.07) is 1.57. The standard InChI is InChI=1S/C13H24N2O2/c1-16-13(5-7-17-10-13)9-14-11-4-6-15(8-11)12-2-3-12/h11-12,14H,2-10H2,1H3. The van der Waals surface area contributed by atoms with E-state index in [0.717, 1.165) is 32.2 Å². The molecule has 0 amide bonds. The lowest BCUT2D eigenvalue weighted by atomic mass is 10.0. The highest BCUT2D eigenvalue weighted by Gasteiger charge is 2.38. The third-order valence-electron chi connectivity index (χ3n) is 4.50. The fourth-order valence-corrected chi connectivity index (χ4v) is 3.02. The van der Waals surface area contributed by atoms with Gasteiger partial charge in [0, 0.05) is 51.9 Å². The van der Waals surface area contributed by atoms with E-state index in [1.54, 1.807) is 0 Å². The molecule has 3 rings (SSSR count).